The summed E-state index contributed by atoms with van der Waals surface area (Å²) in [5, 5.41) is 5.50. The fraction of sp³-hybridized carbons (Fsp3) is 0.167. The fourth-order valence-electron chi connectivity index (χ4n) is 1.73. The number of carbonyl (C=O) groups excluding carboxylic acids is 1. The van der Waals surface area contributed by atoms with Crippen molar-refractivity contribution in [2.75, 3.05) is 0 Å². The third-order valence-corrected chi connectivity index (χ3v) is 3.41. The Bertz CT molecular complexity index is 634. The molecular formula is C12H9Cl3N2O. The summed E-state index contributed by atoms with van der Waals surface area (Å²) < 4.78 is 1.45. The van der Waals surface area contributed by atoms with Crippen molar-refractivity contribution in [2.45, 2.75) is 6.92 Å². The second kappa shape index (κ2) is 4.92. The number of hydrogen-bond acceptors (Lipinski definition) is 2. The van der Waals surface area contributed by atoms with Gasteiger partial charge in [0.05, 0.1) is 10.0 Å². The second-order valence-corrected chi connectivity index (χ2v) is 5.04. The lowest BCUT2D eigenvalue weighted by molar-refractivity contribution is 0.100. The van der Waals surface area contributed by atoms with Gasteiger partial charge < -0.3 is 0 Å². The summed E-state index contributed by atoms with van der Waals surface area (Å²) >= 11 is 18.1. The van der Waals surface area contributed by atoms with Gasteiger partial charge in [-0.15, -0.1) is 0 Å². The predicted octanol–water partition coefficient (Wildman–Crippen LogP) is 4.25. The first-order chi connectivity index (χ1) is 8.41. The molecule has 6 heteroatoms. The van der Waals surface area contributed by atoms with Crippen LogP contribution in [0.25, 0.3) is 11.3 Å². The number of rotatable bonds is 2. The maximum atomic E-state index is 11.5. The summed E-state index contributed by atoms with van der Waals surface area (Å²) in [5.74, 6) is -0.147. The minimum atomic E-state index is -0.147. The number of nitrogens with zero attached hydrogens (tertiary/aromatic N) is 2. The van der Waals surface area contributed by atoms with Crippen molar-refractivity contribution in [1.29, 1.82) is 0 Å². The van der Waals surface area contributed by atoms with Crippen LogP contribution in [0.2, 0.25) is 15.1 Å². The average molecular weight is 304 g/mol. The summed E-state index contributed by atoms with van der Waals surface area (Å²) in [6.45, 7) is 1.44. The number of halogens is 3. The SMILES string of the molecule is CC(=O)c1c(Cl)c(-c2ccc(Cl)cc2Cl)nn1C. The van der Waals surface area contributed by atoms with Gasteiger partial charge in [-0.3, -0.25) is 9.48 Å². The Balaban J connectivity index is 2.65. The number of carbonyl (C=O) groups is 1. The van der Waals surface area contributed by atoms with Gasteiger partial charge in [0.25, 0.3) is 0 Å². The third kappa shape index (κ3) is 2.26. The Morgan fingerprint density at radius 3 is 2.44 bits per heavy atom. The van der Waals surface area contributed by atoms with Crippen LogP contribution in [0.4, 0.5) is 0 Å². The van der Waals surface area contributed by atoms with E-state index in [2.05, 4.69) is 5.10 Å². The van der Waals surface area contributed by atoms with Crippen LogP contribution >= 0.6 is 34.8 Å². The standard InChI is InChI=1S/C12H9Cl3N2O/c1-6(18)12-10(15)11(16-17(12)2)8-4-3-7(13)5-9(8)14/h3-5H,1-2H3. The molecule has 2 rings (SSSR count). The van der Waals surface area contributed by atoms with Gasteiger partial charge in [0.1, 0.15) is 11.4 Å². The maximum Gasteiger partial charge on any atom is 0.179 e. The molecule has 18 heavy (non-hydrogen) atoms. The highest BCUT2D eigenvalue weighted by molar-refractivity contribution is 6.39. The van der Waals surface area contributed by atoms with E-state index in [0.29, 0.717) is 32.0 Å². The highest BCUT2D eigenvalue weighted by Crippen LogP contribution is 2.35. The van der Waals surface area contributed by atoms with Gasteiger partial charge in [-0.1, -0.05) is 34.8 Å². The summed E-state index contributed by atoms with van der Waals surface area (Å²) in [6, 6.07) is 5.03. The molecule has 0 saturated carbocycles. The number of aryl methyl sites for hydroxylation is 1. The van der Waals surface area contributed by atoms with Gasteiger partial charge in [-0.2, -0.15) is 5.10 Å². The van der Waals surface area contributed by atoms with Gasteiger partial charge in [0, 0.05) is 24.6 Å². The molecule has 3 nitrogen and oxygen atoms in total. The number of hydrogen-bond donors (Lipinski definition) is 0. The van der Waals surface area contributed by atoms with Crippen LogP contribution in [0.5, 0.6) is 0 Å². The van der Waals surface area contributed by atoms with Crippen LogP contribution in [0.1, 0.15) is 17.4 Å². The lowest BCUT2D eigenvalue weighted by Gasteiger charge is -2.01. The Hall–Kier alpha value is -1.03. The molecule has 0 unspecified atom stereocenters. The molecule has 0 aliphatic rings. The van der Waals surface area contributed by atoms with Gasteiger partial charge in [-0.25, -0.2) is 0 Å². The molecule has 0 saturated heterocycles. The van der Waals surface area contributed by atoms with E-state index in [1.54, 1.807) is 25.2 Å². The van der Waals surface area contributed by atoms with E-state index in [9.17, 15) is 4.79 Å². The molecule has 2 aromatic rings. The molecule has 1 heterocycles. The summed E-state index contributed by atoms with van der Waals surface area (Å²) in [6.07, 6.45) is 0. The minimum Gasteiger partial charge on any atom is -0.293 e. The van der Waals surface area contributed by atoms with E-state index >= 15 is 0 Å². The molecule has 1 aromatic carbocycles. The maximum absolute atomic E-state index is 11.5. The molecule has 0 radical (unpaired) electrons. The van der Waals surface area contributed by atoms with E-state index in [4.69, 9.17) is 34.8 Å². The van der Waals surface area contributed by atoms with E-state index < -0.39 is 0 Å². The van der Waals surface area contributed by atoms with Crippen LogP contribution in [-0.4, -0.2) is 15.6 Å². The summed E-state index contributed by atoms with van der Waals surface area (Å²) in [4.78, 5) is 11.5. The van der Waals surface area contributed by atoms with E-state index in [1.807, 2.05) is 0 Å². The highest BCUT2D eigenvalue weighted by Gasteiger charge is 2.20. The van der Waals surface area contributed by atoms with Crippen LogP contribution in [0, 0.1) is 0 Å². The van der Waals surface area contributed by atoms with Crippen LogP contribution in [0.15, 0.2) is 18.2 Å². The lowest BCUT2D eigenvalue weighted by atomic mass is 10.1. The van der Waals surface area contributed by atoms with Crippen LogP contribution in [0.3, 0.4) is 0 Å². The lowest BCUT2D eigenvalue weighted by Crippen LogP contribution is -2.02. The molecule has 0 atom stereocenters. The summed E-state index contributed by atoms with van der Waals surface area (Å²) in [7, 11) is 1.66. The summed E-state index contributed by atoms with van der Waals surface area (Å²) in [5.41, 5.74) is 1.48. The normalized spacial score (nSPS) is 10.7. The van der Waals surface area contributed by atoms with E-state index in [-0.39, 0.29) is 5.78 Å². The molecule has 0 N–H and O–H groups in total. The molecule has 0 aliphatic carbocycles. The van der Waals surface area contributed by atoms with Gasteiger partial charge in [0.2, 0.25) is 0 Å². The molecule has 0 spiro atoms. The largest absolute Gasteiger partial charge is 0.293 e. The van der Waals surface area contributed by atoms with E-state index in [1.165, 1.54) is 11.6 Å². The quantitative estimate of drug-likeness (QED) is 0.777. The minimum absolute atomic E-state index is 0.147. The molecule has 0 aliphatic heterocycles. The Kier molecular flexibility index (Phi) is 3.66. The number of Topliss-reactive ketones (excluding diaryl/α,β-unsaturated/α-hetero) is 1. The van der Waals surface area contributed by atoms with Crippen molar-refractivity contribution in [2.24, 2.45) is 7.05 Å². The van der Waals surface area contributed by atoms with Crippen molar-refractivity contribution in [3.8, 4) is 11.3 Å². The second-order valence-electron chi connectivity index (χ2n) is 3.82. The topological polar surface area (TPSA) is 34.9 Å². The van der Waals surface area contributed by atoms with Crippen LogP contribution < -0.4 is 0 Å². The Morgan fingerprint density at radius 1 is 1.28 bits per heavy atom. The van der Waals surface area contributed by atoms with E-state index in [0.717, 1.165) is 0 Å². The zero-order chi connectivity index (χ0) is 13.4. The Morgan fingerprint density at radius 2 is 1.94 bits per heavy atom. The first kappa shape index (κ1) is 13.4. The zero-order valence-electron chi connectivity index (χ0n) is 9.67. The zero-order valence-corrected chi connectivity index (χ0v) is 11.9. The number of ketones is 1. The first-order valence-electron chi connectivity index (χ1n) is 5.10. The average Bonchev–Trinajstić information content (AvgIpc) is 2.54. The molecule has 0 bridgehead atoms. The smallest absolute Gasteiger partial charge is 0.179 e. The first-order valence-corrected chi connectivity index (χ1v) is 6.24. The fourth-order valence-corrected chi connectivity index (χ4v) is 2.63. The van der Waals surface area contributed by atoms with Gasteiger partial charge in [-0.05, 0) is 18.2 Å². The highest BCUT2D eigenvalue weighted by atomic mass is 35.5. The Labute approximate surface area is 119 Å². The molecule has 0 fully saturated rings. The third-order valence-electron chi connectivity index (χ3n) is 2.51. The molecule has 0 amide bonds. The number of aromatic nitrogens is 2. The molecule has 94 valence electrons. The number of benzene rings is 1. The van der Waals surface area contributed by atoms with Crippen molar-refractivity contribution >= 4 is 40.6 Å². The molecule has 1 aromatic heterocycles. The van der Waals surface area contributed by atoms with Crippen molar-refractivity contribution < 1.29 is 4.79 Å². The predicted molar refractivity (Wildman–Crippen MR) is 73.7 cm³/mol. The monoisotopic (exact) mass is 302 g/mol. The van der Waals surface area contributed by atoms with Crippen molar-refractivity contribution in [3.63, 3.8) is 0 Å². The van der Waals surface area contributed by atoms with Crippen molar-refractivity contribution in [3.05, 3.63) is 39.0 Å². The molecular weight excluding hydrogens is 295 g/mol. The van der Waals surface area contributed by atoms with Crippen LogP contribution in [-0.2, 0) is 7.05 Å². The van der Waals surface area contributed by atoms with Crippen molar-refractivity contribution in [1.82, 2.24) is 9.78 Å². The van der Waals surface area contributed by atoms with Gasteiger partial charge >= 0.3 is 0 Å². The van der Waals surface area contributed by atoms with Gasteiger partial charge in [0.15, 0.2) is 5.78 Å².